The standard InChI is InChI=1S/C26H20N2O4/c29-25-20-8-4-5-9-22(20)27-15-21(25)26(30)28-19-12-10-18(11-13-19)23-16-31-24(32-23)14-17-6-2-1-3-7-17/h1-13,15-16,24H,14H2,(H,27,29)(H,28,30). The molecule has 158 valence electrons. The van der Waals surface area contributed by atoms with Gasteiger partial charge in [0.1, 0.15) is 11.8 Å². The molecule has 0 saturated heterocycles. The number of nitrogens with one attached hydrogen (secondary N) is 2. The number of ether oxygens (including phenoxy) is 2. The number of carbonyl (C=O) groups is 1. The summed E-state index contributed by atoms with van der Waals surface area (Å²) in [5, 5.41) is 3.25. The van der Waals surface area contributed by atoms with Crippen LogP contribution in [0.2, 0.25) is 0 Å². The van der Waals surface area contributed by atoms with Crippen LogP contribution in [0.3, 0.4) is 0 Å². The Morgan fingerprint density at radius 1 is 0.938 bits per heavy atom. The third-order valence-corrected chi connectivity index (χ3v) is 5.29. The van der Waals surface area contributed by atoms with Gasteiger partial charge in [0.25, 0.3) is 5.91 Å². The van der Waals surface area contributed by atoms with Crippen molar-refractivity contribution in [2.45, 2.75) is 12.7 Å². The summed E-state index contributed by atoms with van der Waals surface area (Å²) in [6.45, 7) is 0. The maximum Gasteiger partial charge on any atom is 0.261 e. The van der Waals surface area contributed by atoms with Crippen LogP contribution < -0.4 is 10.7 Å². The summed E-state index contributed by atoms with van der Waals surface area (Å²) in [6.07, 6.45) is 3.33. The van der Waals surface area contributed by atoms with Gasteiger partial charge in [0.2, 0.25) is 11.7 Å². The maximum atomic E-state index is 12.6. The van der Waals surface area contributed by atoms with Crippen LogP contribution in [0.4, 0.5) is 5.69 Å². The van der Waals surface area contributed by atoms with Gasteiger partial charge in [-0.25, -0.2) is 0 Å². The smallest absolute Gasteiger partial charge is 0.261 e. The number of fused-ring (bicyclic) bond motifs is 1. The van der Waals surface area contributed by atoms with Crippen molar-refractivity contribution in [2.24, 2.45) is 0 Å². The Labute approximate surface area is 184 Å². The van der Waals surface area contributed by atoms with Gasteiger partial charge in [-0.05, 0) is 42.0 Å². The molecule has 1 unspecified atom stereocenters. The van der Waals surface area contributed by atoms with Crippen molar-refractivity contribution in [3.05, 3.63) is 118 Å². The first-order chi connectivity index (χ1) is 15.7. The summed E-state index contributed by atoms with van der Waals surface area (Å²) < 4.78 is 11.5. The zero-order valence-electron chi connectivity index (χ0n) is 17.1. The molecule has 32 heavy (non-hydrogen) atoms. The molecule has 1 aromatic heterocycles. The molecule has 6 nitrogen and oxygen atoms in total. The maximum absolute atomic E-state index is 12.6. The SMILES string of the molecule is O=C(Nc1ccc(C2=COC(Cc3ccccc3)O2)cc1)c1c[nH]c2ccccc2c1=O. The lowest BCUT2D eigenvalue weighted by molar-refractivity contribution is -0.0136. The molecule has 0 radical (unpaired) electrons. The molecule has 1 atom stereocenters. The Hall–Kier alpha value is -4.32. The van der Waals surface area contributed by atoms with E-state index in [1.807, 2.05) is 48.5 Å². The molecule has 2 heterocycles. The highest BCUT2D eigenvalue weighted by Gasteiger charge is 2.21. The topological polar surface area (TPSA) is 80.4 Å². The number of aromatic amines is 1. The third kappa shape index (κ3) is 3.98. The Morgan fingerprint density at radius 3 is 2.50 bits per heavy atom. The lowest BCUT2D eigenvalue weighted by atomic mass is 10.1. The van der Waals surface area contributed by atoms with E-state index in [1.165, 1.54) is 6.20 Å². The van der Waals surface area contributed by atoms with Crippen LogP contribution in [0, 0.1) is 0 Å². The number of para-hydroxylation sites is 1. The molecule has 0 aliphatic carbocycles. The number of amides is 1. The van der Waals surface area contributed by atoms with Gasteiger partial charge in [0, 0.05) is 34.8 Å². The number of benzene rings is 3. The minimum Gasteiger partial charge on any atom is -0.458 e. The van der Waals surface area contributed by atoms with Crippen molar-refractivity contribution in [3.8, 4) is 0 Å². The van der Waals surface area contributed by atoms with Gasteiger partial charge in [-0.15, -0.1) is 0 Å². The average molecular weight is 424 g/mol. The van der Waals surface area contributed by atoms with Crippen molar-refractivity contribution >= 4 is 28.3 Å². The molecule has 0 bridgehead atoms. The Bertz CT molecular complexity index is 1360. The second-order valence-corrected chi connectivity index (χ2v) is 7.46. The van der Waals surface area contributed by atoms with E-state index >= 15 is 0 Å². The molecule has 3 aromatic carbocycles. The van der Waals surface area contributed by atoms with Gasteiger partial charge < -0.3 is 19.8 Å². The van der Waals surface area contributed by atoms with Crippen LogP contribution in [-0.4, -0.2) is 17.2 Å². The first-order valence-electron chi connectivity index (χ1n) is 10.3. The summed E-state index contributed by atoms with van der Waals surface area (Å²) in [5.74, 6) is 0.169. The Balaban J connectivity index is 1.25. The second kappa shape index (κ2) is 8.43. The highest BCUT2D eigenvalue weighted by Crippen LogP contribution is 2.27. The van der Waals surface area contributed by atoms with E-state index in [1.54, 1.807) is 36.6 Å². The molecular formula is C26H20N2O4. The van der Waals surface area contributed by atoms with E-state index in [0.717, 1.165) is 11.1 Å². The van der Waals surface area contributed by atoms with E-state index < -0.39 is 5.91 Å². The highest BCUT2D eigenvalue weighted by atomic mass is 16.7. The zero-order chi connectivity index (χ0) is 21.9. The number of anilines is 1. The normalized spacial score (nSPS) is 15.0. The molecule has 4 aromatic rings. The fourth-order valence-corrected chi connectivity index (χ4v) is 3.62. The quantitative estimate of drug-likeness (QED) is 0.487. The predicted octanol–water partition coefficient (Wildman–Crippen LogP) is 4.69. The van der Waals surface area contributed by atoms with Gasteiger partial charge >= 0.3 is 0 Å². The van der Waals surface area contributed by atoms with E-state index in [2.05, 4.69) is 10.3 Å². The van der Waals surface area contributed by atoms with Crippen LogP contribution in [0.1, 0.15) is 21.5 Å². The minimum atomic E-state index is -0.465. The van der Waals surface area contributed by atoms with E-state index in [9.17, 15) is 9.59 Å². The van der Waals surface area contributed by atoms with Gasteiger partial charge in [-0.1, -0.05) is 42.5 Å². The molecule has 1 amide bonds. The average Bonchev–Trinajstić information content (AvgIpc) is 3.29. The molecular weight excluding hydrogens is 404 g/mol. The van der Waals surface area contributed by atoms with Crippen LogP contribution in [-0.2, 0) is 15.9 Å². The number of carbonyl (C=O) groups excluding carboxylic acids is 1. The monoisotopic (exact) mass is 424 g/mol. The number of H-pyrrole nitrogens is 1. The first kappa shape index (κ1) is 19.6. The number of pyridine rings is 1. The fourth-order valence-electron chi connectivity index (χ4n) is 3.62. The first-order valence-corrected chi connectivity index (χ1v) is 10.3. The summed E-state index contributed by atoms with van der Waals surface area (Å²) >= 11 is 0. The zero-order valence-corrected chi connectivity index (χ0v) is 17.1. The Kier molecular flexibility index (Phi) is 5.17. The molecule has 0 fully saturated rings. The van der Waals surface area contributed by atoms with Gasteiger partial charge in [-0.3, -0.25) is 9.59 Å². The number of hydrogen-bond donors (Lipinski definition) is 2. The number of rotatable bonds is 5. The molecule has 2 N–H and O–H groups in total. The number of hydrogen-bond acceptors (Lipinski definition) is 4. The van der Waals surface area contributed by atoms with Crippen LogP contribution >= 0.6 is 0 Å². The molecule has 5 rings (SSSR count). The van der Waals surface area contributed by atoms with Gasteiger partial charge in [0.05, 0.1) is 0 Å². The lowest BCUT2D eigenvalue weighted by Gasteiger charge is -2.12. The van der Waals surface area contributed by atoms with Crippen molar-refractivity contribution in [1.82, 2.24) is 4.98 Å². The summed E-state index contributed by atoms with van der Waals surface area (Å²) in [4.78, 5) is 28.3. The second-order valence-electron chi connectivity index (χ2n) is 7.46. The summed E-state index contributed by atoms with van der Waals surface area (Å²) in [6, 6.07) is 24.3. The van der Waals surface area contributed by atoms with Crippen molar-refractivity contribution in [2.75, 3.05) is 5.32 Å². The predicted molar refractivity (Wildman–Crippen MR) is 123 cm³/mol. The van der Waals surface area contributed by atoms with Crippen molar-refractivity contribution < 1.29 is 14.3 Å². The number of aromatic nitrogens is 1. The van der Waals surface area contributed by atoms with Gasteiger partial charge in [0.15, 0.2) is 5.76 Å². The molecule has 1 aliphatic heterocycles. The van der Waals surface area contributed by atoms with Crippen molar-refractivity contribution in [1.29, 1.82) is 0 Å². The van der Waals surface area contributed by atoms with Crippen LogP contribution in [0.5, 0.6) is 0 Å². The van der Waals surface area contributed by atoms with Crippen LogP contribution in [0.25, 0.3) is 16.7 Å². The van der Waals surface area contributed by atoms with Gasteiger partial charge in [-0.2, -0.15) is 0 Å². The van der Waals surface area contributed by atoms with E-state index in [0.29, 0.717) is 28.8 Å². The minimum absolute atomic E-state index is 0.0618. The fraction of sp³-hybridized carbons (Fsp3) is 0.0769. The van der Waals surface area contributed by atoms with E-state index in [-0.39, 0.29) is 17.3 Å². The van der Waals surface area contributed by atoms with E-state index in [4.69, 9.17) is 9.47 Å². The molecule has 0 spiro atoms. The highest BCUT2D eigenvalue weighted by molar-refractivity contribution is 6.05. The summed E-state index contributed by atoms with van der Waals surface area (Å²) in [5.41, 5.74) is 2.99. The molecule has 0 saturated carbocycles. The largest absolute Gasteiger partial charge is 0.458 e. The molecule has 1 aliphatic rings. The van der Waals surface area contributed by atoms with Crippen LogP contribution in [0.15, 0.2) is 96.1 Å². The lowest BCUT2D eigenvalue weighted by Crippen LogP contribution is -2.21. The molecule has 6 heteroatoms. The Morgan fingerprint density at radius 2 is 1.69 bits per heavy atom. The van der Waals surface area contributed by atoms with Crippen molar-refractivity contribution in [3.63, 3.8) is 0 Å². The third-order valence-electron chi connectivity index (χ3n) is 5.29. The summed E-state index contributed by atoms with van der Waals surface area (Å²) in [7, 11) is 0.